The van der Waals surface area contributed by atoms with Gasteiger partial charge >= 0.3 is 0 Å². The summed E-state index contributed by atoms with van der Waals surface area (Å²) >= 11 is 3.30. The highest BCUT2D eigenvalue weighted by molar-refractivity contribution is 9.10. The molecule has 0 bridgehead atoms. The van der Waals surface area contributed by atoms with Gasteiger partial charge in [0.2, 0.25) is 0 Å². The molecule has 102 valence electrons. The first-order valence-electron chi connectivity index (χ1n) is 5.62. The lowest BCUT2D eigenvalue weighted by molar-refractivity contribution is 0.559. The molecule has 1 aromatic rings. The molecule has 1 aromatic heterocycles. The van der Waals surface area contributed by atoms with Crippen LogP contribution in [0.1, 0.15) is 26.6 Å². The van der Waals surface area contributed by atoms with Crippen LogP contribution in [0.2, 0.25) is 0 Å². The van der Waals surface area contributed by atoms with Crippen molar-refractivity contribution in [3.8, 4) is 0 Å². The van der Waals surface area contributed by atoms with Gasteiger partial charge in [-0.05, 0) is 29.8 Å². The molecule has 0 aliphatic carbocycles. The van der Waals surface area contributed by atoms with Gasteiger partial charge in [-0.25, -0.2) is 18.4 Å². The van der Waals surface area contributed by atoms with Gasteiger partial charge in [-0.1, -0.05) is 6.92 Å². The van der Waals surface area contributed by atoms with E-state index in [-0.39, 0.29) is 0 Å². The summed E-state index contributed by atoms with van der Waals surface area (Å²) in [5.41, 5.74) is 0. The molecule has 7 heteroatoms. The van der Waals surface area contributed by atoms with Gasteiger partial charge in [-0.3, -0.25) is 0 Å². The molecule has 0 aliphatic rings. The van der Waals surface area contributed by atoms with Crippen LogP contribution in [0.3, 0.4) is 0 Å². The number of sulfone groups is 1. The van der Waals surface area contributed by atoms with Gasteiger partial charge in [0.25, 0.3) is 0 Å². The molecule has 1 N–H and O–H groups in total. The topological polar surface area (TPSA) is 72.0 Å². The molecule has 0 saturated carbocycles. The molecule has 5 nitrogen and oxygen atoms in total. The molecule has 0 spiro atoms. The van der Waals surface area contributed by atoms with Gasteiger partial charge in [-0.15, -0.1) is 0 Å². The van der Waals surface area contributed by atoms with E-state index in [1.54, 1.807) is 19.9 Å². The Balaban J connectivity index is 2.84. The van der Waals surface area contributed by atoms with Crippen molar-refractivity contribution >= 4 is 31.6 Å². The number of hydrogen-bond donors (Lipinski definition) is 1. The molecule has 18 heavy (non-hydrogen) atoms. The summed E-state index contributed by atoms with van der Waals surface area (Å²) in [6.45, 7) is 5.64. The van der Waals surface area contributed by atoms with Crippen molar-refractivity contribution in [3.05, 3.63) is 16.5 Å². The first kappa shape index (κ1) is 15.4. The highest BCUT2D eigenvalue weighted by atomic mass is 79.9. The van der Waals surface area contributed by atoms with E-state index in [0.29, 0.717) is 22.8 Å². The van der Waals surface area contributed by atoms with Crippen LogP contribution in [0.4, 0.5) is 5.82 Å². The van der Waals surface area contributed by atoms with Crippen LogP contribution in [0.5, 0.6) is 0 Å². The molecule has 0 aliphatic heterocycles. The number of aromatic nitrogens is 2. The Morgan fingerprint density at radius 1 is 1.39 bits per heavy atom. The van der Waals surface area contributed by atoms with Crippen molar-refractivity contribution in [2.24, 2.45) is 0 Å². The number of rotatable bonds is 5. The zero-order valence-corrected chi connectivity index (χ0v) is 13.4. The minimum Gasteiger partial charge on any atom is -0.368 e. The molecule has 0 radical (unpaired) electrons. The quantitative estimate of drug-likeness (QED) is 0.833. The van der Waals surface area contributed by atoms with Crippen LogP contribution < -0.4 is 5.32 Å². The third kappa shape index (κ3) is 3.91. The SMILES string of the molecule is CCc1nc(Br)cc(NCC(C)(C)S(C)(=O)=O)n1. The minimum atomic E-state index is -3.12. The Hall–Kier alpha value is -0.690. The molecule has 0 unspecified atom stereocenters. The van der Waals surface area contributed by atoms with Gasteiger partial charge in [0.15, 0.2) is 9.84 Å². The van der Waals surface area contributed by atoms with Crippen LogP contribution in [0.15, 0.2) is 10.7 Å². The molecule has 1 rings (SSSR count). The van der Waals surface area contributed by atoms with E-state index in [2.05, 4.69) is 31.2 Å². The maximum absolute atomic E-state index is 11.6. The number of hydrogen-bond acceptors (Lipinski definition) is 5. The third-order valence-corrected chi connectivity index (χ3v) is 5.31. The smallest absolute Gasteiger partial charge is 0.154 e. The van der Waals surface area contributed by atoms with Crippen LogP contribution in [-0.2, 0) is 16.3 Å². The highest BCUT2D eigenvalue weighted by Gasteiger charge is 2.29. The second kappa shape index (κ2) is 5.52. The zero-order valence-electron chi connectivity index (χ0n) is 11.0. The summed E-state index contributed by atoms with van der Waals surface area (Å²) in [5, 5.41) is 3.05. The van der Waals surface area contributed by atoms with Crippen molar-refractivity contribution in [2.45, 2.75) is 31.9 Å². The predicted octanol–water partition coefficient (Wildman–Crippen LogP) is 2.04. The Bertz CT molecular complexity index is 529. The fraction of sp³-hybridized carbons (Fsp3) is 0.636. The third-order valence-electron chi connectivity index (χ3n) is 2.76. The minimum absolute atomic E-state index is 0.304. The fourth-order valence-electron chi connectivity index (χ4n) is 1.15. The van der Waals surface area contributed by atoms with Crippen LogP contribution >= 0.6 is 15.9 Å². The highest BCUT2D eigenvalue weighted by Crippen LogP contribution is 2.18. The monoisotopic (exact) mass is 335 g/mol. The summed E-state index contributed by atoms with van der Waals surface area (Å²) in [7, 11) is -3.12. The number of anilines is 1. The molecule has 1 heterocycles. The Morgan fingerprint density at radius 3 is 2.50 bits per heavy atom. The molecular weight excluding hydrogens is 318 g/mol. The lowest BCUT2D eigenvalue weighted by atomic mass is 10.2. The van der Waals surface area contributed by atoms with Crippen molar-refractivity contribution in [2.75, 3.05) is 18.1 Å². The van der Waals surface area contributed by atoms with Gasteiger partial charge in [-0.2, -0.15) is 0 Å². The molecule has 0 fully saturated rings. The molecule has 0 amide bonds. The van der Waals surface area contributed by atoms with Gasteiger partial charge < -0.3 is 5.32 Å². The van der Waals surface area contributed by atoms with E-state index in [1.807, 2.05) is 6.92 Å². The summed E-state index contributed by atoms with van der Waals surface area (Å²) < 4.78 is 23.0. The van der Waals surface area contributed by atoms with E-state index >= 15 is 0 Å². The number of nitrogens with zero attached hydrogens (tertiary/aromatic N) is 2. The second-order valence-corrected chi connectivity index (χ2v) is 8.19. The molecule has 0 aromatic carbocycles. The first-order chi connectivity index (χ1) is 8.15. The largest absolute Gasteiger partial charge is 0.368 e. The lowest BCUT2D eigenvalue weighted by Crippen LogP contribution is -2.38. The molecule has 0 saturated heterocycles. The summed E-state index contributed by atoms with van der Waals surface area (Å²) in [4.78, 5) is 8.48. The van der Waals surface area contributed by atoms with Gasteiger partial charge in [0.05, 0.1) is 4.75 Å². The zero-order chi connectivity index (χ0) is 14.0. The van der Waals surface area contributed by atoms with Crippen LogP contribution in [-0.4, -0.2) is 35.9 Å². The van der Waals surface area contributed by atoms with E-state index in [0.717, 1.165) is 6.42 Å². The predicted molar refractivity (Wildman–Crippen MR) is 76.5 cm³/mol. The standard InChI is InChI=1S/C11H18BrN3O2S/c1-5-9-14-8(12)6-10(15-9)13-7-11(2,3)18(4,16)17/h6H,5,7H2,1-4H3,(H,13,14,15). The van der Waals surface area contributed by atoms with Crippen molar-refractivity contribution in [3.63, 3.8) is 0 Å². The van der Waals surface area contributed by atoms with Crippen molar-refractivity contribution in [1.29, 1.82) is 0 Å². The fourth-order valence-corrected chi connectivity index (χ4v) is 1.90. The average Bonchev–Trinajstić information content (AvgIpc) is 2.24. The lowest BCUT2D eigenvalue weighted by Gasteiger charge is -2.23. The normalized spacial score (nSPS) is 12.5. The second-order valence-electron chi connectivity index (χ2n) is 4.73. The van der Waals surface area contributed by atoms with Crippen molar-refractivity contribution < 1.29 is 8.42 Å². The molecular formula is C11H18BrN3O2S. The van der Waals surface area contributed by atoms with Gasteiger partial charge in [0.1, 0.15) is 16.2 Å². The number of halogens is 1. The summed E-state index contributed by atoms with van der Waals surface area (Å²) in [6, 6.07) is 1.73. The first-order valence-corrected chi connectivity index (χ1v) is 8.31. The maximum atomic E-state index is 11.6. The molecule has 0 atom stereocenters. The van der Waals surface area contributed by atoms with E-state index in [9.17, 15) is 8.42 Å². The van der Waals surface area contributed by atoms with E-state index in [1.165, 1.54) is 6.26 Å². The maximum Gasteiger partial charge on any atom is 0.154 e. The van der Waals surface area contributed by atoms with Crippen molar-refractivity contribution in [1.82, 2.24) is 9.97 Å². The Labute approximate surface area is 116 Å². The summed E-state index contributed by atoms with van der Waals surface area (Å²) in [6.07, 6.45) is 1.96. The van der Waals surface area contributed by atoms with Crippen LogP contribution in [0.25, 0.3) is 0 Å². The van der Waals surface area contributed by atoms with Crippen LogP contribution in [0, 0.1) is 0 Å². The van der Waals surface area contributed by atoms with Gasteiger partial charge in [0, 0.05) is 25.3 Å². The van der Waals surface area contributed by atoms with E-state index < -0.39 is 14.6 Å². The average molecular weight is 336 g/mol. The Morgan fingerprint density at radius 2 is 2.00 bits per heavy atom. The number of nitrogens with one attached hydrogen (secondary N) is 1. The van der Waals surface area contributed by atoms with E-state index in [4.69, 9.17) is 0 Å². The Kier molecular flexibility index (Phi) is 4.72. The summed E-state index contributed by atoms with van der Waals surface area (Å²) in [5.74, 6) is 1.34. The number of aryl methyl sites for hydroxylation is 1.